The Kier molecular flexibility index (Phi) is 4.30. The summed E-state index contributed by atoms with van der Waals surface area (Å²) in [6, 6.07) is 12.4. The molecule has 7 heteroatoms. The van der Waals surface area contributed by atoms with Gasteiger partial charge >= 0.3 is 0 Å². The smallest absolute Gasteiger partial charge is 0.256 e. The molecule has 0 aliphatic carbocycles. The number of hydrazine groups is 1. The summed E-state index contributed by atoms with van der Waals surface area (Å²) in [5.74, 6) is 5.29. The summed E-state index contributed by atoms with van der Waals surface area (Å²) in [7, 11) is 0. The van der Waals surface area contributed by atoms with Crippen LogP contribution in [0.3, 0.4) is 0 Å². The zero-order chi connectivity index (χ0) is 15.2. The number of benzene rings is 1. The van der Waals surface area contributed by atoms with Gasteiger partial charge in [-0.05, 0) is 12.1 Å². The molecule has 0 bridgehead atoms. The Bertz CT molecular complexity index is 742. The molecule has 7 nitrogen and oxygen atoms in total. The first-order chi connectivity index (χ1) is 10.2. The van der Waals surface area contributed by atoms with Crippen LogP contribution < -0.4 is 11.3 Å². The van der Waals surface area contributed by atoms with Gasteiger partial charge in [-0.15, -0.1) is 0 Å². The fourth-order valence-corrected chi connectivity index (χ4v) is 1.97. The molecule has 0 saturated carbocycles. The van der Waals surface area contributed by atoms with Crippen molar-refractivity contribution < 1.29 is 4.79 Å². The Morgan fingerprint density at radius 3 is 2.57 bits per heavy atom. The summed E-state index contributed by atoms with van der Waals surface area (Å²) in [6.07, 6.45) is 0. The highest BCUT2D eigenvalue weighted by molar-refractivity contribution is 6.07. The maximum absolute atomic E-state index is 12.5. The predicted octanol–water partition coefficient (Wildman–Crippen LogP) is 1.01. The first kappa shape index (κ1) is 14.3. The van der Waals surface area contributed by atoms with Crippen molar-refractivity contribution >= 4 is 22.6 Å². The van der Waals surface area contributed by atoms with Crippen molar-refractivity contribution in [3.05, 3.63) is 35.9 Å². The van der Waals surface area contributed by atoms with Crippen LogP contribution in [0.4, 0.5) is 5.82 Å². The number of hydrogen-bond acceptors (Lipinski definition) is 6. The van der Waals surface area contributed by atoms with Crippen molar-refractivity contribution in [2.45, 2.75) is 0 Å². The molecule has 0 atom stereocenters. The molecule has 1 heterocycles. The van der Waals surface area contributed by atoms with E-state index >= 15 is 0 Å². The molecule has 0 spiro atoms. The number of nitrogen functional groups attached to an aromatic ring is 1. The lowest BCUT2D eigenvalue weighted by Gasteiger charge is -2.17. The second-order valence-electron chi connectivity index (χ2n) is 4.19. The molecular formula is C14H12N6O. The summed E-state index contributed by atoms with van der Waals surface area (Å²) >= 11 is 0. The molecular weight excluding hydrogens is 268 g/mol. The number of aromatic nitrogens is 1. The molecule has 104 valence electrons. The summed E-state index contributed by atoms with van der Waals surface area (Å²) in [4.78, 5) is 18.0. The van der Waals surface area contributed by atoms with Crippen LogP contribution in [0.15, 0.2) is 30.3 Å². The highest BCUT2D eigenvalue weighted by Gasteiger charge is 2.19. The van der Waals surface area contributed by atoms with Crippen LogP contribution in [-0.2, 0) is 0 Å². The van der Waals surface area contributed by atoms with E-state index in [-0.39, 0.29) is 13.1 Å². The van der Waals surface area contributed by atoms with Crippen LogP contribution in [0.5, 0.6) is 0 Å². The molecule has 2 rings (SSSR count). The number of hydrogen-bond donors (Lipinski definition) is 2. The minimum atomic E-state index is -0.409. The maximum Gasteiger partial charge on any atom is 0.256 e. The second kappa shape index (κ2) is 6.33. The zero-order valence-electron chi connectivity index (χ0n) is 11.1. The number of amides is 1. The number of nitriles is 2. The second-order valence-corrected chi connectivity index (χ2v) is 4.19. The molecule has 2 aromatic rings. The quantitative estimate of drug-likeness (QED) is 0.490. The third-order valence-electron chi connectivity index (χ3n) is 2.90. The van der Waals surface area contributed by atoms with Gasteiger partial charge in [0.05, 0.1) is 23.2 Å². The number of pyridine rings is 1. The fraction of sp³-hybridized carbons (Fsp3) is 0.143. The van der Waals surface area contributed by atoms with Gasteiger partial charge in [-0.25, -0.2) is 10.8 Å². The summed E-state index contributed by atoms with van der Waals surface area (Å²) in [5.41, 5.74) is 3.35. The normalized spacial score (nSPS) is 9.67. The summed E-state index contributed by atoms with van der Waals surface area (Å²) in [5, 5.41) is 18.2. The minimum Gasteiger partial charge on any atom is -0.312 e. The third kappa shape index (κ3) is 2.89. The Morgan fingerprint density at radius 2 is 1.95 bits per heavy atom. The maximum atomic E-state index is 12.5. The van der Waals surface area contributed by atoms with Crippen LogP contribution in [-0.4, -0.2) is 28.9 Å². The van der Waals surface area contributed by atoms with Crippen molar-refractivity contribution in [3.8, 4) is 12.1 Å². The predicted molar refractivity (Wildman–Crippen MR) is 76.7 cm³/mol. The van der Waals surface area contributed by atoms with Crippen LogP contribution in [0.25, 0.3) is 10.9 Å². The van der Waals surface area contributed by atoms with Crippen molar-refractivity contribution in [2.75, 3.05) is 18.5 Å². The number of rotatable bonds is 4. The molecule has 0 aliphatic rings. The van der Waals surface area contributed by atoms with Gasteiger partial charge in [-0.3, -0.25) is 4.79 Å². The van der Waals surface area contributed by atoms with Crippen LogP contribution >= 0.6 is 0 Å². The van der Waals surface area contributed by atoms with Crippen LogP contribution in [0.1, 0.15) is 10.4 Å². The number of anilines is 1. The van der Waals surface area contributed by atoms with Gasteiger partial charge in [0.25, 0.3) is 5.91 Å². The third-order valence-corrected chi connectivity index (χ3v) is 2.90. The monoisotopic (exact) mass is 280 g/mol. The Hall–Kier alpha value is -3.16. The fourth-order valence-electron chi connectivity index (χ4n) is 1.97. The molecule has 1 aromatic carbocycles. The topological polar surface area (TPSA) is 119 Å². The SMILES string of the molecule is N#CCN(CC#N)C(=O)c1cc(NN)nc2ccccc12. The van der Waals surface area contributed by atoms with E-state index < -0.39 is 5.91 Å². The van der Waals surface area contributed by atoms with Crippen molar-refractivity contribution in [1.82, 2.24) is 9.88 Å². The molecule has 0 fully saturated rings. The highest BCUT2D eigenvalue weighted by Crippen LogP contribution is 2.21. The molecule has 21 heavy (non-hydrogen) atoms. The van der Waals surface area contributed by atoms with E-state index in [4.69, 9.17) is 16.4 Å². The minimum absolute atomic E-state index is 0.158. The molecule has 1 aromatic heterocycles. The first-order valence-electron chi connectivity index (χ1n) is 6.11. The van der Waals surface area contributed by atoms with Gasteiger partial charge in [0, 0.05) is 5.39 Å². The lowest BCUT2D eigenvalue weighted by atomic mass is 10.1. The van der Waals surface area contributed by atoms with E-state index in [2.05, 4.69) is 10.4 Å². The van der Waals surface area contributed by atoms with E-state index in [1.807, 2.05) is 12.1 Å². The largest absolute Gasteiger partial charge is 0.312 e. The summed E-state index contributed by atoms with van der Waals surface area (Å²) < 4.78 is 0. The van der Waals surface area contributed by atoms with Crippen LogP contribution in [0, 0.1) is 22.7 Å². The number of para-hydroxylation sites is 1. The van der Waals surface area contributed by atoms with Crippen molar-refractivity contribution in [2.24, 2.45) is 5.84 Å². The van der Waals surface area contributed by atoms with E-state index in [0.717, 1.165) is 0 Å². The van der Waals surface area contributed by atoms with Gasteiger partial charge in [0.15, 0.2) is 0 Å². The number of nitrogens with two attached hydrogens (primary N) is 1. The standard InChI is InChI=1S/C14H12N6O/c15-5-7-20(8-6-16)14(21)11-9-13(19-17)18-12-4-2-1-3-10(11)12/h1-4,9H,7-8,17H2,(H,18,19). The van der Waals surface area contributed by atoms with E-state index in [0.29, 0.717) is 22.3 Å². The molecule has 0 unspecified atom stereocenters. The number of carbonyl (C=O) groups is 1. The number of nitrogens with zero attached hydrogens (tertiary/aromatic N) is 4. The summed E-state index contributed by atoms with van der Waals surface area (Å²) in [6.45, 7) is -0.317. The van der Waals surface area contributed by atoms with Crippen LogP contribution in [0.2, 0.25) is 0 Å². The molecule has 0 saturated heterocycles. The van der Waals surface area contributed by atoms with Gasteiger partial charge < -0.3 is 10.3 Å². The van der Waals surface area contributed by atoms with E-state index in [1.165, 1.54) is 11.0 Å². The lowest BCUT2D eigenvalue weighted by Crippen LogP contribution is -2.32. The highest BCUT2D eigenvalue weighted by atomic mass is 16.2. The Morgan fingerprint density at radius 1 is 1.29 bits per heavy atom. The van der Waals surface area contributed by atoms with Crippen molar-refractivity contribution in [3.63, 3.8) is 0 Å². The number of carbonyl (C=O) groups excluding carboxylic acids is 1. The van der Waals surface area contributed by atoms with Gasteiger partial charge in [0.2, 0.25) is 0 Å². The van der Waals surface area contributed by atoms with Crippen molar-refractivity contribution in [1.29, 1.82) is 10.5 Å². The average molecular weight is 280 g/mol. The Labute approximate surface area is 121 Å². The number of fused-ring (bicyclic) bond motifs is 1. The van der Waals surface area contributed by atoms with E-state index in [1.54, 1.807) is 24.3 Å². The molecule has 3 N–H and O–H groups in total. The Balaban J connectivity index is 2.56. The van der Waals surface area contributed by atoms with Gasteiger partial charge in [-0.2, -0.15) is 10.5 Å². The lowest BCUT2D eigenvalue weighted by molar-refractivity contribution is 0.0796. The average Bonchev–Trinajstić information content (AvgIpc) is 2.53. The molecule has 0 aliphatic heterocycles. The molecule has 0 radical (unpaired) electrons. The van der Waals surface area contributed by atoms with Gasteiger partial charge in [0.1, 0.15) is 18.9 Å². The number of nitrogens with one attached hydrogen (secondary N) is 1. The zero-order valence-corrected chi connectivity index (χ0v) is 11.1. The van der Waals surface area contributed by atoms with E-state index in [9.17, 15) is 4.79 Å². The molecule has 1 amide bonds. The van der Waals surface area contributed by atoms with Gasteiger partial charge in [-0.1, -0.05) is 18.2 Å². The first-order valence-corrected chi connectivity index (χ1v) is 6.11.